The summed E-state index contributed by atoms with van der Waals surface area (Å²) in [4.78, 5) is 36.5. The van der Waals surface area contributed by atoms with Crippen LogP contribution in [0.4, 0.5) is 5.69 Å². The zero-order chi connectivity index (χ0) is 18.7. The second kappa shape index (κ2) is 7.39. The minimum absolute atomic E-state index is 0.0867. The van der Waals surface area contributed by atoms with Crippen LogP contribution in [0.1, 0.15) is 38.3 Å². The topological polar surface area (TPSA) is 86.7 Å². The zero-order valence-corrected chi connectivity index (χ0v) is 14.5. The SMILES string of the molecule is CN1C(=O)CCc2cc(C(=O)NCCc3ccc(C(=O)O)cc3)ccc21. The predicted molar refractivity (Wildman–Crippen MR) is 97.6 cm³/mol. The fraction of sp³-hybridized carbons (Fsp3) is 0.250. The van der Waals surface area contributed by atoms with Gasteiger partial charge in [-0.25, -0.2) is 4.79 Å². The molecule has 6 nitrogen and oxygen atoms in total. The standard InChI is InChI=1S/C20H20N2O4/c1-22-17-8-6-16(12-15(17)7-9-18(22)23)19(24)21-11-10-13-2-4-14(5-3-13)20(25)26/h2-6,8,12H,7,9-11H2,1H3,(H,21,24)(H,25,26). The predicted octanol–water partition coefficient (Wildman–Crippen LogP) is 2.27. The van der Waals surface area contributed by atoms with E-state index in [1.54, 1.807) is 42.3 Å². The Kier molecular flexibility index (Phi) is 5.02. The van der Waals surface area contributed by atoms with Crippen LogP contribution in [0.25, 0.3) is 0 Å². The number of carbonyl (C=O) groups is 3. The summed E-state index contributed by atoms with van der Waals surface area (Å²) in [5.41, 5.74) is 3.64. The summed E-state index contributed by atoms with van der Waals surface area (Å²) in [6, 6.07) is 12.0. The number of nitrogens with zero attached hydrogens (tertiary/aromatic N) is 1. The molecule has 0 spiro atoms. The molecule has 0 atom stereocenters. The van der Waals surface area contributed by atoms with E-state index >= 15 is 0 Å². The largest absolute Gasteiger partial charge is 0.478 e. The van der Waals surface area contributed by atoms with Crippen molar-refractivity contribution >= 4 is 23.5 Å². The van der Waals surface area contributed by atoms with E-state index in [9.17, 15) is 14.4 Å². The highest BCUT2D eigenvalue weighted by Crippen LogP contribution is 2.27. The van der Waals surface area contributed by atoms with Gasteiger partial charge in [-0.3, -0.25) is 9.59 Å². The van der Waals surface area contributed by atoms with Crippen LogP contribution in [-0.4, -0.2) is 36.5 Å². The molecule has 0 radical (unpaired) electrons. The summed E-state index contributed by atoms with van der Waals surface area (Å²) in [6.45, 7) is 0.459. The molecule has 6 heteroatoms. The summed E-state index contributed by atoms with van der Waals surface area (Å²) in [6.07, 6.45) is 1.73. The molecule has 0 saturated carbocycles. The Bertz CT molecular complexity index is 859. The van der Waals surface area contributed by atoms with Crippen molar-refractivity contribution in [1.29, 1.82) is 0 Å². The van der Waals surface area contributed by atoms with Crippen molar-refractivity contribution in [2.75, 3.05) is 18.5 Å². The number of nitrogens with one attached hydrogen (secondary N) is 1. The van der Waals surface area contributed by atoms with Crippen molar-refractivity contribution in [3.8, 4) is 0 Å². The average molecular weight is 352 g/mol. The van der Waals surface area contributed by atoms with Gasteiger partial charge in [-0.05, 0) is 54.3 Å². The highest BCUT2D eigenvalue weighted by molar-refractivity contribution is 5.98. The van der Waals surface area contributed by atoms with Gasteiger partial charge in [0.2, 0.25) is 5.91 Å². The van der Waals surface area contributed by atoms with Gasteiger partial charge in [0.1, 0.15) is 0 Å². The lowest BCUT2D eigenvalue weighted by atomic mass is 9.99. The normalized spacial score (nSPS) is 13.3. The number of amides is 2. The Hall–Kier alpha value is -3.15. The Morgan fingerprint density at radius 3 is 2.46 bits per heavy atom. The van der Waals surface area contributed by atoms with Gasteiger partial charge in [0.05, 0.1) is 5.56 Å². The van der Waals surface area contributed by atoms with Crippen LogP contribution < -0.4 is 10.2 Å². The highest BCUT2D eigenvalue weighted by atomic mass is 16.4. The summed E-state index contributed by atoms with van der Waals surface area (Å²) in [7, 11) is 1.75. The Balaban J connectivity index is 1.58. The van der Waals surface area contributed by atoms with Crippen LogP contribution in [0.2, 0.25) is 0 Å². The molecule has 134 valence electrons. The van der Waals surface area contributed by atoms with Gasteiger partial charge in [0.15, 0.2) is 0 Å². The van der Waals surface area contributed by atoms with E-state index in [-0.39, 0.29) is 17.4 Å². The smallest absolute Gasteiger partial charge is 0.335 e. The second-order valence-electron chi connectivity index (χ2n) is 6.30. The lowest BCUT2D eigenvalue weighted by Gasteiger charge is -2.26. The van der Waals surface area contributed by atoms with Gasteiger partial charge in [-0.2, -0.15) is 0 Å². The number of rotatable bonds is 5. The minimum Gasteiger partial charge on any atom is -0.478 e. The van der Waals surface area contributed by atoms with E-state index < -0.39 is 5.97 Å². The van der Waals surface area contributed by atoms with Crippen LogP contribution in [0, 0.1) is 0 Å². The number of aromatic carboxylic acids is 1. The number of benzene rings is 2. The third kappa shape index (κ3) is 3.74. The van der Waals surface area contributed by atoms with E-state index in [2.05, 4.69) is 5.32 Å². The number of hydrogen-bond donors (Lipinski definition) is 2. The Morgan fingerprint density at radius 2 is 1.77 bits per heavy atom. The second-order valence-corrected chi connectivity index (χ2v) is 6.30. The first-order valence-corrected chi connectivity index (χ1v) is 8.45. The number of fused-ring (bicyclic) bond motifs is 1. The van der Waals surface area contributed by atoms with Crippen molar-refractivity contribution in [3.63, 3.8) is 0 Å². The van der Waals surface area contributed by atoms with E-state index in [4.69, 9.17) is 5.11 Å². The highest BCUT2D eigenvalue weighted by Gasteiger charge is 2.21. The third-order valence-corrected chi connectivity index (χ3v) is 4.59. The van der Waals surface area contributed by atoms with Gasteiger partial charge in [-0.1, -0.05) is 12.1 Å². The first kappa shape index (κ1) is 17.7. The molecular formula is C20H20N2O4. The molecule has 0 unspecified atom stereocenters. The number of aryl methyl sites for hydroxylation is 1. The van der Waals surface area contributed by atoms with Crippen molar-refractivity contribution in [2.45, 2.75) is 19.3 Å². The maximum atomic E-state index is 12.3. The fourth-order valence-corrected chi connectivity index (χ4v) is 3.03. The molecule has 1 aliphatic rings. The molecule has 0 saturated heterocycles. The molecule has 1 heterocycles. The lowest BCUT2D eigenvalue weighted by molar-refractivity contribution is -0.118. The van der Waals surface area contributed by atoms with E-state index in [1.807, 2.05) is 12.1 Å². The maximum absolute atomic E-state index is 12.3. The molecule has 3 rings (SSSR count). The summed E-state index contributed by atoms with van der Waals surface area (Å²) < 4.78 is 0. The van der Waals surface area contributed by atoms with E-state index in [1.165, 1.54) is 0 Å². The van der Waals surface area contributed by atoms with Gasteiger partial charge >= 0.3 is 5.97 Å². The van der Waals surface area contributed by atoms with Crippen LogP contribution in [0.3, 0.4) is 0 Å². The Labute approximate surface area is 151 Å². The number of carboxylic acids is 1. The van der Waals surface area contributed by atoms with Gasteiger partial charge in [0, 0.05) is 31.3 Å². The molecule has 0 aliphatic carbocycles. The summed E-state index contributed by atoms with van der Waals surface area (Å²) in [5.74, 6) is -1.03. The molecule has 1 aliphatic heterocycles. The molecule has 2 aromatic rings. The monoisotopic (exact) mass is 352 g/mol. The van der Waals surface area contributed by atoms with Crippen LogP contribution >= 0.6 is 0 Å². The van der Waals surface area contributed by atoms with Crippen molar-refractivity contribution in [2.24, 2.45) is 0 Å². The minimum atomic E-state index is -0.954. The lowest BCUT2D eigenvalue weighted by Crippen LogP contribution is -2.31. The van der Waals surface area contributed by atoms with E-state index in [0.29, 0.717) is 31.4 Å². The fourth-order valence-electron chi connectivity index (χ4n) is 3.03. The van der Waals surface area contributed by atoms with Crippen LogP contribution in [0.15, 0.2) is 42.5 Å². The summed E-state index contributed by atoms with van der Waals surface area (Å²) in [5, 5.41) is 11.8. The van der Waals surface area contributed by atoms with Crippen molar-refractivity contribution < 1.29 is 19.5 Å². The van der Waals surface area contributed by atoms with Crippen LogP contribution in [-0.2, 0) is 17.6 Å². The molecule has 0 bridgehead atoms. The van der Waals surface area contributed by atoms with E-state index in [0.717, 1.165) is 16.8 Å². The quantitative estimate of drug-likeness (QED) is 0.864. The first-order valence-electron chi connectivity index (χ1n) is 8.45. The Morgan fingerprint density at radius 1 is 1.08 bits per heavy atom. The summed E-state index contributed by atoms with van der Waals surface area (Å²) >= 11 is 0. The number of anilines is 1. The number of hydrogen-bond acceptors (Lipinski definition) is 3. The molecule has 0 fully saturated rings. The molecule has 2 amide bonds. The molecular weight excluding hydrogens is 332 g/mol. The van der Waals surface area contributed by atoms with Crippen LogP contribution in [0.5, 0.6) is 0 Å². The zero-order valence-electron chi connectivity index (χ0n) is 14.5. The average Bonchev–Trinajstić information content (AvgIpc) is 2.65. The van der Waals surface area contributed by atoms with Gasteiger partial charge in [0.25, 0.3) is 5.91 Å². The molecule has 26 heavy (non-hydrogen) atoms. The molecule has 0 aromatic heterocycles. The molecule has 2 N–H and O–H groups in total. The van der Waals surface area contributed by atoms with Gasteiger partial charge < -0.3 is 15.3 Å². The maximum Gasteiger partial charge on any atom is 0.335 e. The van der Waals surface area contributed by atoms with Crippen molar-refractivity contribution in [3.05, 3.63) is 64.7 Å². The molecule has 2 aromatic carbocycles. The third-order valence-electron chi connectivity index (χ3n) is 4.59. The number of carboxylic acid groups (broad SMARTS) is 1. The van der Waals surface area contributed by atoms with Crippen molar-refractivity contribution in [1.82, 2.24) is 5.32 Å². The first-order chi connectivity index (χ1) is 12.5. The van der Waals surface area contributed by atoms with Gasteiger partial charge in [-0.15, -0.1) is 0 Å². The number of carbonyl (C=O) groups excluding carboxylic acids is 2.